The number of amides is 1. The highest BCUT2D eigenvalue weighted by Gasteiger charge is 2.27. The molecule has 1 aliphatic heterocycles. The number of esters is 1. The first-order valence-electron chi connectivity index (χ1n) is 8.04. The van der Waals surface area contributed by atoms with E-state index < -0.39 is 0 Å². The van der Waals surface area contributed by atoms with E-state index in [-0.39, 0.29) is 24.3 Å². The van der Waals surface area contributed by atoms with Crippen LogP contribution in [0.1, 0.15) is 25.3 Å². The monoisotopic (exact) mass is 319 g/mol. The minimum Gasteiger partial charge on any atom is -0.466 e. The molecular weight excluding hydrogens is 294 g/mol. The fourth-order valence-electron chi connectivity index (χ4n) is 2.82. The zero-order chi connectivity index (χ0) is 16.8. The summed E-state index contributed by atoms with van der Waals surface area (Å²) in [6, 6.07) is 5.44. The molecule has 1 atom stereocenters. The molecule has 126 valence electrons. The van der Waals surface area contributed by atoms with Gasteiger partial charge in [0, 0.05) is 17.9 Å². The smallest absolute Gasteiger partial charge is 0.310 e. The number of aryl methyl sites for hydroxylation is 1. The van der Waals surface area contributed by atoms with Gasteiger partial charge in [0.1, 0.15) is 0 Å². The lowest BCUT2D eigenvalue weighted by atomic mass is 9.98. The SMILES string of the molecule is CCOC(=O)C1CCCN(CC(=O)Nc2cc(N)ccc2C)C1. The van der Waals surface area contributed by atoms with Crippen molar-refractivity contribution < 1.29 is 14.3 Å². The summed E-state index contributed by atoms with van der Waals surface area (Å²) in [6.45, 7) is 5.78. The van der Waals surface area contributed by atoms with Crippen LogP contribution in [-0.2, 0) is 14.3 Å². The number of hydrogen-bond donors (Lipinski definition) is 2. The van der Waals surface area contributed by atoms with Crippen molar-refractivity contribution in [2.24, 2.45) is 5.92 Å². The van der Waals surface area contributed by atoms with Crippen molar-refractivity contribution >= 4 is 23.3 Å². The summed E-state index contributed by atoms with van der Waals surface area (Å²) in [7, 11) is 0. The van der Waals surface area contributed by atoms with Crippen LogP contribution in [0.3, 0.4) is 0 Å². The second-order valence-corrected chi connectivity index (χ2v) is 5.95. The number of nitrogens with two attached hydrogens (primary N) is 1. The van der Waals surface area contributed by atoms with Gasteiger partial charge < -0.3 is 15.8 Å². The van der Waals surface area contributed by atoms with Crippen LogP contribution in [0.2, 0.25) is 0 Å². The van der Waals surface area contributed by atoms with Crippen molar-refractivity contribution in [2.75, 3.05) is 37.3 Å². The number of hydrogen-bond acceptors (Lipinski definition) is 5. The number of piperidine rings is 1. The first-order valence-corrected chi connectivity index (χ1v) is 8.04. The normalized spacial score (nSPS) is 18.4. The Hall–Kier alpha value is -2.08. The predicted molar refractivity (Wildman–Crippen MR) is 90.0 cm³/mol. The third kappa shape index (κ3) is 4.96. The van der Waals surface area contributed by atoms with Crippen molar-refractivity contribution in [1.82, 2.24) is 4.90 Å². The van der Waals surface area contributed by atoms with E-state index in [1.807, 2.05) is 17.9 Å². The maximum atomic E-state index is 12.2. The van der Waals surface area contributed by atoms with Crippen molar-refractivity contribution in [3.63, 3.8) is 0 Å². The molecule has 0 bridgehead atoms. The van der Waals surface area contributed by atoms with Gasteiger partial charge in [-0.15, -0.1) is 0 Å². The molecule has 6 nitrogen and oxygen atoms in total. The minimum absolute atomic E-state index is 0.0943. The van der Waals surface area contributed by atoms with Gasteiger partial charge in [0.15, 0.2) is 0 Å². The van der Waals surface area contributed by atoms with E-state index in [0.717, 1.165) is 30.6 Å². The largest absolute Gasteiger partial charge is 0.466 e. The van der Waals surface area contributed by atoms with Gasteiger partial charge in [-0.3, -0.25) is 14.5 Å². The highest BCUT2D eigenvalue weighted by Crippen LogP contribution is 2.20. The Morgan fingerprint density at radius 1 is 1.43 bits per heavy atom. The van der Waals surface area contributed by atoms with Crippen molar-refractivity contribution in [3.8, 4) is 0 Å². The second-order valence-electron chi connectivity index (χ2n) is 5.95. The highest BCUT2D eigenvalue weighted by atomic mass is 16.5. The van der Waals surface area contributed by atoms with Crippen LogP contribution in [0, 0.1) is 12.8 Å². The molecule has 1 aromatic rings. The van der Waals surface area contributed by atoms with Crippen LogP contribution in [0.15, 0.2) is 18.2 Å². The van der Waals surface area contributed by atoms with E-state index in [1.165, 1.54) is 0 Å². The lowest BCUT2D eigenvalue weighted by Gasteiger charge is -2.30. The van der Waals surface area contributed by atoms with Gasteiger partial charge in [-0.1, -0.05) is 6.07 Å². The maximum absolute atomic E-state index is 12.2. The molecular formula is C17H25N3O3. The molecule has 0 radical (unpaired) electrons. The molecule has 1 heterocycles. The Bertz CT molecular complexity index is 574. The van der Waals surface area contributed by atoms with E-state index in [0.29, 0.717) is 18.8 Å². The van der Waals surface area contributed by atoms with E-state index in [1.54, 1.807) is 19.1 Å². The Labute approximate surface area is 137 Å². The van der Waals surface area contributed by atoms with E-state index in [9.17, 15) is 9.59 Å². The number of anilines is 2. The lowest BCUT2D eigenvalue weighted by molar-refractivity contribution is -0.150. The molecule has 1 unspecified atom stereocenters. The summed E-state index contributed by atoms with van der Waals surface area (Å²) in [5.74, 6) is -0.391. The van der Waals surface area contributed by atoms with Crippen molar-refractivity contribution in [1.29, 1.82) is 0 Å². The second kappa shape index (κ2) is 7.97. The van der Waals surface area contributed by atoms with E-state index in [2.05, 4.69) is 5.32 Å². The molecule has 23 heavy (non-hydrogen) atoms. The Kier molecular flexibility index (Phi) is 5.98. The van der Waals surface area contributed by atoms with Crippen LogP contribution in [-0.4, -0.2) is 43.0 Å². The Balaban J connectivity index is 1.89. The molecule has 0 saturated carbocycles. The average molecular weight is 319 g/mol. The summed E-state index contributed by atoms with van der Waals surface area (Å²) in [5.41, 5.74) is 8.07. The maximum Gasteiger partial charge on any atom is 0.310 e. The number of rotatable bonds is 5. The first kappa shape index (κ1) is 17.3. The van der Waals surface area contributed by atoms with Gasteiger partial charge in [0.25, 0.3) is 0 Å². The van der Waals surface area contributed by atoms with Gasteiger partial charge >= 0.3 is 5.97 Å². The third-order valence-electron chi connectivity index (χ3n) is 4.03. The lowest BCUT2D eigenvalue weighted by Crippen LogP contribution is -2.43. The molecule has 2 rings (SSSR count). The van der Waals surface area contributed by atoms with Crippen LogP contribution in [0.4, 0.5) is 11.4 Å². The van der Waals surface area contributed by atoms with E-state index in [4.69, 9.17) is 10.5 Å². The number of ether oxygens (including phenoxy) is 1. The summed E-state index contributed by atoms with van der Waals surface area (Å²) in [4.78, 5) is 26.1. The molecule has 1 fully saturated rings. The fraction of sp³-hybridized carbons (Fsp3) is 0.529. The molecule has 1 saturated heterocycles. The summed E-state index contributed by atoms with van der Waals surface area (Å²) >= 11 is 0. The van der Waals surface area contributed by atoms with Crippen LogP contribution >= 0.6 is 0 Å². The quantitative estimate of drug-likeness (QED) is 0.638. The number of benzene rings is 1. The topological polar surface area (TPSA) is 84.7 Å². The van der Waals surface area contributed by atoms with E-state index >= 15 is 0 Å². The van der Waals surface area contributed by atoms with Gasteiger partial charge in [-0.05, 0) is 50.9 Å². The number of nitrogens with zero attached hydrogens (tertiary/aromatic N) is 1. The van der Waals surface area contributed by atoms with Gasteiger partial charge in [-0.25, -0.2) is 0 Å². The van der Waals surface area contributed by atoms with Crippen LogP contribution < -0.4 is 11.1 Å². The summed E-state index contributed by atoms with van der Waals surface area (Å²) in [5, 5.41) is 2.89. The molecule has 3 N–H and O–H groups in total. The zero-order valence-corrected chi connectivity index (χ0v) is 13.8. The molecule has 6 heteroatoms. The molecule has 1 aromatic carbocycles. The highest BCUT2D eigenvalue weighted by molar-refractivity contribution is 5.93. The van der Waals surface area contributed by atoms with Crippen LogP contribution in [0.5, 0.6) is 0 Å². The molecule has 1 aliphatic rings. The number of likely N-dealkylation sites (tertiary alicyclic amines) is 1. The third-order valence-corrected chi connectivity index (χ3v) is 4.03. The summed E-state index contributed by atoms with van der Waals surface area (Å²) < 4.78 is 5.08. The van der Waals surface area contributed by atoms with Gasteiger partial charge in [0.2, 0.25) is 5.91 Å². The van der Waals surface area contributed by atoms with Crippen molar-refractivity contribution in [2.45, 2.75) is 26.7 Å². The Morgan fingerprint density at radius 3 is 2.96 bits per heavy atom. The van der Waals surface area contributed by atoms with Crippen LogP contribution in [0.25, 0.3) is 0 Å². The average Bonchev–Trinajstić information content (AvgIpc) is 2.51. The van der Waals surface area contributed by atoms with Gasteiger partial charge in [-0.2, -0.15) is 0 Å². The van der Waals surface area contributed by atoms with Crippen molar-refractivity contribution in [3.05, 3.63) is 23.8 Å². The zero-order valence-electron chi connectivity index (χ0n) is 13.8. The molecule has 0 spiro atoms. The standard InChI is InChI=1S/C17H25N3O3/c1-3-23-17(22)13-5-4-8-20(10-13)11-16(21)19-15-9-14(18)7-6-12(15)2/h6-7,9,13H,3-5,8,10-11,18H2,1-2H3,(H,19,21). The minimum atomic E-state index is -0.163. The molecule has 1 amide bonds. The number of nitrogen functional groups attached to an aromatic ring is 1. The fourth-order valence-corrected chi connectivity index (χ4v) is 2.82. The Morgan fingerprint density at radius 2 is 2.22 bits per heavy atom. The van der Waals surface area contributed by atoms with Gasteiger partial charge in [0.05, 0.1) is 19.1 Å². The predicted octanol–water partition coefficient (Wildman–Crippen LogP) is 1.79. The number of carbonyl (C=O) groups excluding carboxylic acids is 2. The molecule has 0 aromatic heterocycles. The first-order chi connectivity index (χ1) is 11.0. The summed E-state index contributed by atoms with van der Waals surface area (Å²) in [6.07, 6.45) is 1.72. The number of carbonyl (C=O) groups is 2. The molecule has 0 aliphatic carbocycles. The number of nitrogens with one attached hydrogen (secondary N) is 1.